The molecular weight excluding hydrogens is 325 g/mol. The van der Waals surface area contributed by atoms with E-state index < -0.39 is 11.8 Å². The minimum Gasteiger partial charge on any atom is -0.486 e. The molecule has 0 amide bonds. The van der Waals surface area contributed by atoms with Gasteiger partial charge in [0.1, 0.15) is 29.4 Å². The molecule has 1 heterocycles. The number of nitrogens with one attached hydrogen (secondary N) is 1. The van der Waals surface area contributed by atoms with Gasteiger partial charge in [0.2, 0.25) is 0 Å². The second-order valence-corrected chi connectivity index (χ2v) is 7.33. The molecule has 136 valence electrons. The number of rotatable bonds is 3. The molecule has 2 atom stereocenters. The lowest BCUT2D eigenvalue weighted by molar-refractivity contribution is -0.0207. The van der Waals surface area contributed by atoms with Crippen LogP contribution in [0.15, 0.2) is 24.3 Å². The summed E-state index contributed by atoms with van der Waals surface area (Å²) in [6.45, 7) is 6.72. The summed E-state index contributed by atoms with van der Waals surface area (Å²) in [5.74, 6) is 0.494. The Kier molecular flexibility index (Phi) is 4.99. The van der Waals surface area contributed by atoms with Crippen LogP contribution >= 0.6 is 0 Å². The van der Waals surface area contributed by atoms with Crippen LogP contribution in [0.3, 0.4) is 0 Å². The fourth-order valence-corrected chi connectivity index (χ4v) is 3.01. The van der Waals surface area contributed by atoms with Crippen molar-refractivity contribution in [3.63, 3.8) is 0 Å². The van der Waals surface area contributed by atoms with Crippen molar-refractivity contribution >= 4 is 6.16 Å². The molecule has 1 aliphatic heterocycles. The zero-order valence-corrected chi connectivity index (χ0v) is 14.8. The maximum atomic E-state index is 13.9. The molecule has 1 aromatic rings. The van der Waals surface area contributed by atoms with E-state index in [0.29, 0.717) is 25.1 Å². The summed E-state index contributed by atoms with van der Waals surface area (Å²) in [4.78, 5) is 11.7. The van der Waals surface area contributed by atoms with Gasteiger partial charge in [0.05, 0.1) is 0 Å². The second-order valence-electron chi connectivity index (χ2n) is 7.33. The maximum Gasteiger partial charge on any atom is 0.509 e. The van der Waals surface area contributed by atoms with Gasteiger partial charge in [-0.25, -0.2) is 9.18 Å². The van der Waals surface area contributed by atoms with Gasteiger partial charge < -0.3 is 19.5 Å². The van der Waals surface area contributed by atoms with Crippen LogP contribution in [0.2, 0.25) is 0 Å². The van der Waals surface area contributed by atoms with E-state index in [-0.39, 0.29) is 18.0 Å². The Hall–Kier alpha value is -2.08. The van der Waals surface area contributed by atoms with E-state index in [1.54, 1.807) is 32.9 Å². The zero-order valence-electron chi connectivity index (χ0n) is 14.8. The Balaban J connectivity index is 1.59. The van der Waals surface area contributed by atoms with Crippen LogP contribution in [-0.4, -0.2) is 30.5 Å². The largest absolute Gasteiger partial charge is 0.509 e. The molecule has 0 fully saturated rings. The summed E-state index contributed by atoms with van der Waals surface area (Å²) >= 11 is 0. The Bertz CT molecular complexity index is 681. The van der Waals surface area contributed by atoms with E-state index in [1.807, 2.05) is 6.08 Å². The molecule has 0 unspecified atom stereocenters. The number of carbonyl (C=O) groups excluding carboxylic acids is 1. The molecule has 25 heavy (non-hydrogen) atoms. The molecule has 5 nitrogen and oxygen atoms in total. The molecule has 0 spiro atoms. The van der Waals surface area contributed by atoms with Crippen molar-refractivity contribution in [1.29, 1.82) is 0 Å². The van der Waals surface area contributed by atoms with Crippen LogP contribution in [-0.2, 0) is 22.4 Å². The van der Waals surface area contributed by atoms with Crippen molar-refractivity contribution in [2.45, 2.75) is 58.0 Å². The highest BCUT2D eigenvalue weighted by Crippen LogP contribution is 2.30. The molecule has 3 rings (SSSR count). The second kappa shape index (κ2) is 7.04. The van der Waals surface area contributed by atoms with Gasteiger partial charge in [-0.05, 0) is 63.6 Å². The molecule has 0 radical (unpaired) electrons. The van der Waals surface area contributed by atoms with Crippen LogP contribution < -0.4 is 10.1 Å². The summed E-state index contributed by atoms with van der Waals surface area (Å²) in [5, 5.41) is 3.24. The molecule has 0 aromatic heterocycles. The number of hydrogen-bond acceptors (Lipinski definition) is 5. The van der Waals surface area contributed by atoms with Crippen molar-refractivity contribution in [2.75, 3.05) is 6.54 Å². The van der Waals surface area contributed by atoms with E-state index >= 15 is 0 Å². The number of carbonyl (C=O) groups is 1. The standard InChI is InChI=1S/C19H24FNO4/c1-19(2,3)25-18(22)24-13-5-4-12(10-13)23-17-7-6-16(20)14-8-9-21-11-15(14)17/h4-7,12-13,21H,8-11H2,1-3H3/t12-,13+/m1/s1. The molecular formula is C19H24FNO4. The molecule has 0 saturated carbocycles. The third kappa shape index (κ3) is 4.51. The van der Waals surface area contributed by atoms with E-state index in [4.69, 9.17) is 14.2 Å². The van der Waals surface area contributed by atoms with Gasteiger partial charge in [0, 0.05) is 18.5 Å². The van der Waals surface area contributed by atoms with Crippen molar-refractivity contribution < 1.29 is 23.4 Å². The molecule has 0 saturated heterocycles. The number of fused-ring (bicyclic) bond motifs is 1. The van der Waals surface area contributed by atoms with Crippen molar-refractivity contribution in [3.8, 4) is 5.75 Å². The average molecular weight is 349 g/mol. The first-order chi connectivity index (χ1) is 11.8. The topological polar surface area (TPSA) is 56.8 Å². The van der Waals surface area contributed by atoms with E-state index in [9.17, 15) is 9.18 Å². The van der Waals surface area contributed by atoms with E-state index in [0.717, 1.165) is 17.7 Å². The smallest absolute Gasteiger partial charge is 0.486 e. The summed E-state index contributed by atoms with van der Waals surface area (Å²) in [6, 6.07) is 3.11. The molecule has 2 aliphatic rings. The van der Waals surface area contributed by atoms with Gasteiger partial charge in [0.15, 0.2) is 0 Å². The number of hydrogen-bond donors (Lipinski definition) is 1. The van der Waals surface area contributed by atoms with Crippen molar-refractivity contribution in [2.24, 2.45) is 0 Å². The zero-order chi connectivity index (χ0) is 18.0. The SMILES string of the molecule is CC(C)(C)OC(=O)O[C@H]1C=C[C@@H](Oc2ccc(F)c3c2CNCC3)C1. The minimum atomic E-state index is -0.689. The van der Waals surface area contributed by atoms with Gasteiger partial charge in [-0.3, -0.25) is 0 Å². The monoisotopic (exact) mass is 349 g/mol. The third-order valence-electron chi connectivity index (χ3n) is 4.11. The van der Waals surface area contributed by atoms with Gasteiger partial charge in [0.25, 0.3) is 0 Å². The normalized spacial score (nSPS) is 22.4. The van der Waals surface area contributed by atoms with Gasteiger partial charge in [-0.2, -0.15) is 0 Å². The van der Waals surface area contributed by atoms with Crippen LogP contribution in [0.25, 0.3) is 0 Å². The maximum absolute atomic E-state index is 13.9. The van der Waals surface area contributed by atoms with Crippen LogP contribution in [0.5, 0.6) is 5.75 Å². The van der Waals surface area contributed by atoms with Gasteiger partial charge in [-0.1, -0.05) is 0 Å². The fourth-order valence-electron chi connectivity index (χ4n) is 3.01. The quantitative estimate of drug-likeness (QED) is 0.669. The van der Waals surface area contributed by atoms with Gasteiger partial charge >= 0.3 is 6.16 Å². The first-order valence-electron chi connectivity index (χ1n) is 8.57. The highest BCUT2D eigenvalue weighted by atomic mass is 19.1. The van der Waals surface area contributed by atoms with E-state index in [2.05, 4.69) is 5.32 Å². The lowest BCUT2D eigenvalue weighted by atomic mass is 9.99. The van der Waals surface area contributed by atoms with E-state index in [1.165, 1.54) is 6.07 Å². The lowest BCUT2D eigenvalue weighted by Gasteiger charge is -2.23. The molecule has 1 aliphatic carbocycles. The Morgan fingerprint density at radius 3 is 2.72 bits per heavy atom. The number of benzene rings is 1. The predicted octanol–water partition coefficient (Wildman–Crippen LogP) is 3.50. The van der Waals surface area contributed by atoms with Crippen LogP contribution in [0.1, 0.15) is 38.3 Å². The molecule has 6 heteroatoms. The summed E-state index contributed by atoms with van der Waals surface area (Å²) in [5.41, 5.74) is 1.01. The van der Waals surface area contributed by atoms with Crippen molar-refractivity contribution in [1.82, 2.24) is 5.32 Å². The Labute approximate surface area is 147 Å². The first-order valence-corrected chi connectivity index (χ1v) is 8.57. The number of halogens is 1. The number of ether oxygens (including phenoxy) is 3. The summed E-state index contributed by atoms with van der Waals surface area (Å²) in [7, 11) is 0. The van der Waals surface area contributed by atoms with Crippen LogP contribution in [0, 0.1) is 5.82 Å². The Morgan fingerprint density at radius 1 is 1.20 bits per heavy atom. The molecule has 0 bridgehead atoms. The van der Waals surface area contributed by atoms with Crippen LogP contribution in [0.4, 0.5) is 9.18 Å². The third-order valence-corrected chi connectivity index (χ3v) is 4.11. The highest BCUT2D eigenvalue weighted by molar-refractivity contribution is 5.61. The molecule has 1 N–H and O–H groups in total. The lowest BCUT2D eigenvalue weighted by Crippen LogP contribution is -2.28. The van der Waals surface area contributed by atoms with Gasteiger partial charge in [-0.15, -0.1) is 0 Å². The Morgan fingerprint density at radius 2 is 1.96 bits per heavy atom. The average Bonchev–Trinajstić information content (AvgIpc) is 2.95. The minimum absolute atomic E-state index is 0.183. The molecule has 1 aromatic carbocycles. The van der Waals surface area contributed by atoms with Crippen molar-refractivity contribution in [3.05, 3.63) is 41.2 Å². The first kappa shape index (κ1) is 17.7. The predicted molar refractivity (Wildman–Crippen MR) is 91.1 cm³/mol. The summed E-state index contributed by atoms with van der Waals surface area (Å²) in [6.07, 6.45) is 3.54. The fraction of sp³-hybridized carbons (Fsp3) is 0.526. The summed E-state index contributed by atoms with van der Waals surface area (Å²) < 4.78 is 30.4. The highest BCUT2D eigenvalue weighted by Gasteiger charge is 2.27.